The van der Waals surface area contributed by atoms with Crippen molar-refractivity contribution in [3.63, 3.8) is 0 Å². The van der Waals surface area contributed by atoms with Gasteiger partial charge in [-0.1, -0.05) is 18.6 Å². The molecule has 9 nitrogen and oxygen atoms in total. The summed E-state index contributed by atoms with van der Waals surface area (Å²) in [6.07, 6.45) is 5.37. The molecule has 1 heterocycles. The van der Waals surface area contributed by atoms with Crippen LogP contribution in [-0.4, -0.2) is 63.9 Å². The van der Waals surface area contributed by atoms with Gasteiger partial charge in [0.15, 0.2) is 23.8 Å². The van der Waals surface area contributed by atoms with Gasteiger partial charge >= 0.3 is 11.9 Å². The standard InChI is InChI=1S/C26H31FN2O7/c1-23-8-7-16(30)9-14(23)3-4-17-18-10-15-12-28-29-26(15,24(18,2)11-19(31)25(17,23)27)20(32)13-36-22(35)6-5-21(33)34/h7-9,12,15,17-19,29,31H,3-6,10-11,13H2,1-2H3,(H,33,34). The lowest BCUT2D eigenvalue weighted by Gasteiger charge is -2.62. The van der Waals surface area contributed by atoms with E-state index in [1.165, 1.54) is 12.2 Å². The number of hydrogen-bond donors (Lipinski definition) is 3. The third kappa shape index (κ3) is 3.06. The van der Waals surface area contributed by atoms with Crippen molar-refractivity contribution in [1.29, 1.82) is 0 Å². The number of Topliss-reactive ketones (excluding diaryl/α,β-unsaturated/α-hetero) is 1. The number of alkyl halides is 1. The molecule has 5 rings (SSSR count). The van der Waals surface area contributed by atoms with E-state index >= 15 is 4.39 Å². The molecule has 0 aromatic rings. The second-order valence-corrected chi connectivity index (χ2v) is 11.3. The first-order valence-corrected chi connectivity index (χ1v) is 12.4. The molecule has 8 atom stereocenters. The van der Waals surface area contributed by atoms with Crippen LogP contribution in [0.25, 0.3) is 0 Å². The summed E-state index contributed by atoms with van der Waals surface area (Å²) in [5, 5.41) is 24.4. The van der Waals surface area contributed by atoms with Gasteiger partial charge in [0.05, 0.1) is 18.9 Å². The smallest absolute Gasteiger partial charge is 0.306 e. The van der Waals surface area contributed by atoms with E-state index < -0.39 is 64.8 Å². The Morgan fingerprint density at radius 3 is 2.72 bits per heavy atom. The number of aliphatic hydroxyl groups is 1. The number of ketones is 2. The van der Waals surface area contributed by atoms with Crippen LogP contribution in [0, 0.1) is 28.6 Å². The Kier molecular flexibility index (Phi) is 5.55. The number of hydrazone groups is 1. The van der Waals surface area contributed by atoms with E-state index in [9.17, 15) is 24.3 Å². The normalized spacial score (nSPS) is 44.0. The number of aliphatic carboxylic acids is 1. The molecule has 194 valence electrons. The zero-order valence-electron chi connectivity index (χ0n) is 20.3. The maximum atomic E-state index is 17.3. The van der Waals surface area contributed by atoms with Crippen LogP contribution >= 0.6 is 0 Å². The summed E-state index contributed by atoms with van der Waals surface area (Å²) in [7, 11) is 0. The van der Waals surface area contributed by atoms with Crippen molar-refractivity contribution in [2.24, 2.45) is 33.7 Å². The number of fused-ring (bicyclic) bond motifs is 7. The summed E-state index contributed by atoms with van der Waals surface area (Å²) >= 11 is 0. The van der Waals surface area contributed by atoms with Crippen molar-refractivity contribution in [2.75, 3.05) is 6.61 Å². The lowest BCUT2D eigenvalue weighted by atomic mass is 9.44. The van der Waals surface area contributed by atoms with Gasteiger partial charge < -0.3 is 14.9 Å². The average molecular weight is 503 g/mol. The summed E-state index contributed by atoms with van der Waals surface area (Å²) in [5.41, 5.74) is -1.63. The number of rotatable bonds is 6. The predicted octanol–water partition coefficient (Wildman–Crippen LogP) is 1.89. The molecule has 0 spiro atoms. The number of hydrogen-bond acceptors (Lipinski definition) is 8. The molecule has 4 aliphatic carbocycles. The van der Waals surface area contributed by atoms with Gasteiger partial charge in [0.25, 0.3) is 0 Å². The van der Waals surface area contributed by atoms with E-state index in [1.54, 1.807) is 19.2 Å². The van der Waals surface area contributed by atoms with E-state index in [0.29, 0.717) is 24.8 Å². The highest BCUT2D eigenvalue weighted by Gasteiger charge is 2.77. The van der Waals surface area contributed by atoms with Gasteiger partial charge in [0.2, 0.25) is 0 Å². The number of halogens is 1. The van der Waals surface area contributed by atoms with Crippen LogP contribution in [0.1, 0.15) is 52.4 Å². The fourth-order valence-electron chi connectivity index (χ4n) is 8.06. The zero-order chi connectivity index (χ0) is 26.1. The molecule has 5 aliphatic rings. The summed E-state index contributed by atoms with van der Waals surface area (Å²) in [4.78, 5) is 48.4. The molecule has 1 aliphatic heterocycles. The van der Waals surface area contributed by atoms with Gasteiger partial charge in [-0.3, -0.25) is 24.6 Å². The average Bonchev–Trinajstić information content (AvgIpc) is 3.35. The number of allylic oxidation sites excluding steroid dienone is 4. The number of carboxylic acid groups (broad SMARTS) is 1. The molecule has 3 saturated carbocycles. The van der Waals surface area contributed by atoms with Crippen molar-refractivity contribution in [1.82, 2.24) is 5.43 Å². The monoisotopic (exact) mass is 502 g/mol. The van der Waals surface area contributed by atoms with Gasteiger partial charge in [-0.15, -0.1) is 0 Å². The Balaban J connectivity index is 1.46. The number of nitrogens with zero attached hydrogens (tertiary/aromatic N) is 1. The van der Waals surface area contributed by atoms with E-state index in [4.69, 9.17) is 9.84 Å². The molecular formula is C26H31FN2O7. The van der Waals surface area contributed by atoms with Crippen LogP contribution in [0.4, 0.5) is 4.39 Å². The minimum atomic E-state index is -2.01. The van der Waals surface area contributed by atoms with Gasteiger partial charge in [0, 0.05) is 28.9 Å². The third-order valence-corrected chi connectivity index (χ3v) is 9.84. The second-order valence-electron chi connectivity index (χ2n) is 11.3. The van der Waals surface area contributed by atoms with Crippen molar-refractivity contribution >= 4 is 29.7 Å². The van der Waals surface area contributed by atoms with E-state index in [-0.39, 0.29) is 30.5 Å². The Labute approximate surface area is 207 Å². The Morgan fingerprint density at radius 2 is 2.00 bits per heavy atom. The van der Waals surface area contributed by atoms with Crippen LogP contribution in [-0.2, 0) is 23.9 Å². The molecule has 0 amide bonds. The molecule has 10 heteroatoms. The van der Waals surface area contributed by atoms with Crippen molar-refractivity contribution in [3.8, 4) is 0 Å². The minimum Gasteiger partial charge on any atom is -0.481 e. The van der Waals surface area contributed by atoms with Gasteiger partial charge in [-0.2, -0.15) is 5.10 Å². The van der Waals surface area contributed by atoms with Crippen LogP contribution in [0.3, 0.4) is 0 Å². The first-order chi connectivity index (χ1) is 16.9. The van der Waals surface area contributed by atoms with E-state index in [0.717, 1.165) is 0 Å². The fourth-order valence-corrected chi connectivity index (χ4v) is 8.06. The summed E-state index contributed by atoms with van der Waals surface area (Å²) in [5.74, 6) is -3.75. The SMILES string of the molecule is CC12C=CC(=O)C=C1CCC1C3CC4C=NNC4(C(=O)COC(=O)CCC(=O)O)C3(C)CC(O)C12F. The number of carbonyl (C=O) groups is 4. The molecule has 3 N–H and O–H groups in total. The molecule has 0 saturated heterocycles. The predicted molar refractivity (Wildman–Crippen MR) is 124 cm³/mol. The van der Waals surface area contributed by atoms with E-state index in [2.05, 4.69) is 10.5 Å². The maximum absolute atomic E-state index is 17.3. The number of carbonyl (C=O) groups excluding carboxylic acids is 3. The van der Waals surface area contributed by atoms with Crippen LogP contribution in [0.15, 0.2) is 28.9 Å². The Hall–Kier alpha value is -2.88. The largest absolute Gasteiger partial charge is 0.481 e. The number of aliphatic hydroxyl groups excluding tert-OH is 1. The van der Waals surface area contributed by atoms with Gasteiger partial charge in [-0.05, 0) is 50.7 Å². The van der Waals surface area contributed by atoms with Gasteiger partial charge in [0.1, 0.15) is 5.54 Å². The minimum absolute atomic E-state index is 0.0130. The summed E-state index contributed by atoms with van der Waals surface area (Å²) in [6, 6.07) is 0. The van der Waals surface area contributed by atoms with Crippen LogP contribution in [0.2, 0.25) is 0 Å². The number of nitrogens with one attached hydrogen (secondary N) is 1. The maximum Gasteiger partial charge on any atom is 0.306 e. The molecule has 0 aromatic heterocycles. The molecule has 0 aromatic carbocycles. The molecule has 0 bridgehead atoms. The van der Waals surface area contributed by atoms with Crippen molar-refractivity contribution in [2.45, 2.75) is 69.7 Å². The van der Waals surface area contributed by atoms with Crippen molar-refractivity contribution in [3.05, 3.63) is 23.8 Å². The molecule has 0 radical (unpaired) electrons. The first-order valence-electron chi connectivity index (χ1n) is 12.4. The lowest BCUT2D eigenvalue weighted by Crippen LogP contribution is -2.71. The summed E-state index contributed by atoms with van der Waals surface area (Å²) in [6.45, 7) is 3.05. The van der Waals surface area contributed by atoms with Crippen LogP contribution in [0.5, 0.6) is 0 Å². The highest BCUT2D eigenvalue weighted by atomic mass is 19.1. The highest BCUT2D eigenvalue weighted by molar-refractivity contribution is 6.01. The molecule has 36 heavy (non-hydrogen) atoms. The molecular weight excluding hydrogens is 471 g/mol. The quantitative estimate of drug-likeness (QED) is 0.468. The molecule has 3 fully saturated rings. The third-order valence-electron chi connectivity index (χ3n) is 9.84. The Morgan fingerprint density at radius 1 is 1.25 bits per heavy atom. The summed E-state index contributed by atoms with van der Waals surface area (Å²) < 4.78 is 22.4. The van der Waals surface area contributed by atoms with Gasteiger partial charge in [-0.25, -0.2) is 4.39 Å². The topological polar surface area (TPSA) is 142 Å². The van der Waals surface area contributed by atoms with E-state index in [1.807, 2.05) is 6.92 Å². The zero-order valence-corrected chi connectivity index (χ0v) is 20.3. The number of ether oxygens (including phenoxy) is 1. The van der Waals surface area contributed by atoms with Crippen LogP contribution < -0.4 is 5.43 Å². The molecule has 8 unspecified atom stereocenters. The number of carboxylic acids is 1. The fraction of sp³-hybridized carbons (Fsp3) is 0.654. The lowest BCUT2D eigenvalue weighted by molar-refractivity contribution is -0.200. The second kappa shape index (κ2) is 8.06. The van der Waals surface area contributed by atoms with Crippen molar-refractivity contribution < 1.29 is 38.5 Å². The Bertz CT molecular complexity index is 1130. The first kappa shape index (κ1) is 24.8. The highest BCUT2D eigenvalue weighted by Crippen LogP contribution is 2.71. The number of esters is 1.